The second kappa shape index (κ2) is 8.41. The molecule has 0 radical (unpaired) electrons. The number of nitrogens with zero attached hydrogens (tertiary/aromatic N) is 2. The van der Waals surface area contributed by atoms with Gasteiger partial charge in [-0.2, -0.15) is 0 Å². The Morgan fingerprint density at radius 2 is 1.57 bits per heavy atom. The summed E-state index contributed by atoms with van der Waals surface area (Å²) in [5, 5.41) is 2.09. The number of hydrogen-bond acceptors (Lipinski definition) is 2. The van der Waals surface area contributed by atoms with Crippen LogP contribution in [0.1, 0.15) is 61.7 Å². The van der Waals surface area contributed by atoms with Gasteiger partial charge in [-0.3, -0.25) is 9.59 Å². The first kappa shape index (κ1) is 19.6. The van der Waals surface area contributed by atoms with Crippen molar-refractivity contribution < 1.29 is 9.59 Å². The number of hydrogen-bond donors (Lipinski definition) is 0. The van der Waals surface area contributed by atoms with Crippen LogP contribution < -0.4 is 0 Å². The molecule has 2 saturated heterocycles. The van der Waals surface area contributed by atoms with Crippen LogP contribution in [0.4, 0.5) is 0 Å². The van der Waals surface area contributed by atoms with E-state index in [1.54, 1.807) is 0 Å². The second-order valence-electron chi connectivity index (χ2n) is 9.40. The van der Waals surface area contributed by atoms with E-state index in [0.717, 1.165) is 48.7 Å². The molecule has 4 nitrogen and oxygen atoms in total. The van der Waals surface area contributed by atoms with Gasteiger partial charge in [0.15, 0.2) is 0 Å². The maximum atomic E-state index is 13.5. The Hall–Kier alpha value is -2.36. The van der Waals surface area contributed by atoms with E-state index in [4.69, 9.17) is 0 Å². The first-order valence-electron chi connectivity index (χ1n) is 11.8. The largest absolute Gasteiger partial charge is 0.339 e. The van der Waals surface area contributed by atoms with Gasteiger partial charge < -0.3 is 9.80 Å². The smallest absolute Gasteiger partial charge is 0.254 e. The minimum absolute atomic E-state index is 0.0432. The van der Waals surface area contributed by atoms with Crippen LogP contribution in [0.5, 0.6) is 0 Å². The van der Waals surface area contributed by atoms with Crippen LogP contribution in [0.2, 0.25) is 0 Å². The van der Waals surface area contributed by atoms with Gasteiger partial charge in [-0.15, -0.1) is 0 Å². The molecule has 2 aromatic rings. The molecule has 2 amide bonds. The Morgan fingerprint density at radius 3 is 2.50 bits per heavy atom. The number of amides is 2. The monoisotopic (exact) mass is 404 g/mol. The van der Waals surface area contributed by atoms with E-state index in [9.17, 15) is 9.59 Å². The Labute approximate surface area is 179 Å². The van der Waals surface area contributed by atoms with Gasteiger partial charge in [0.05, 0.1) is 5.92 Å². The van der Waals surface area contributed by atoms with Gasteiger partial charge in [-0.05, 0) is 61.3 Å². The molecule has 0 spiro atoms. The fraction of sp³-hybridized carbons (Fsp3) is 0.538. The van der Waals surface area contributed by atoms with Gasteiger partial charge in [-0.25, -0.2) is 0 Å². The molecule has 3 atom stereocenters. The highest BCUT2D eigenvalue weighted by molar-refractivity contribution is 6.07. The zero-order valence-corrected chi connectivity index (χ0v) is 17.8. The highest BCUT2D eigenvalue weighted by Crippen LogP contribution is 2.36. The average Bonchev–Trinajstić information content (AvgIpc) is 2.82. The fourth-order valence-electron chi connectivity index (χ4n) is 6.08. The van der Waals surface area contributed by atoms with Crippen LogP contribution >= 0.6 is 0 Å². The molecule has 2 heterocycles. The van der Waals surface area contributed by atoms with Crippen LogP contribution in [-0.2, 0) is 4.79 Å². The standard InChI is InChI=1S/C26H32N2O2/c29-25(28-17-7-11-20-9-2-4-15-24(20)28)21-12-6-16-27(18-21)26(30)23-14-5-10-19-8-1-3-13-22(19)23/h1,3,5,8,10,13-14,20-21,24H,2,4,6-7,9,11-12,15-18H2. The molecule has 3 unspecified atom stereocenters. The molecule has 2 aromatic carbocycles. The summed E-state index contributed by atoms with van der Waals surface area (Å²) in [7, 11) is 0. The SMILES string of the molecule is O=C(c1cccc2ccccc12)N1CCCC(C(=O)N2CCCC3CCCCC32)C1. The van der Waals surface area contributed by atoms with Gasteiger partial charge >= 0.3 is 0 Å². The maximum Gasteiger partial charge on any atom is 0.254 e. The van der Waals surface area contributed by atoms with Crippen molar-refractivity contribution in [2.75, 3.05) is 19.6 Å². The van der Waals surface area contributed by atoms with E-state index >= 15 is 0 Å². The summed E-state index contributed by atoms with van der Waals surface area (Å²) in [4.78, 5) is 31.0. The summed E-state index contributed by atoms with van der Waals surface area (Å²) >= 11 is 0. The van der Waals surface area contributed by atoms with Crippen molar-refractivity contribution in [3.63, 3.8) is 0 Å². The van der Waals surface area contributed by atoms with E-state index in [0.29, 0.717) is 24.4 Å². The molecule has 0 N–H and O–H groups in total. The fourth-order valence-corrected chi connectivity index (χ4v) is 6.08. The molecule has 3 fully saturated rings. The minimum atomic E-state index is -0.0432. The number of carbonyl (C=O) groups excluding carboxylic acids is 2. The van der Waals surface area contributed by atoms with E-state index in [-0.39, 0.29) is 11.8 Å². The van der Waals surface area contributed by atoms with Crippen LogP contribution in [0, 0.1) is 11.8 Å². The number of benzene rings is 2. The molecular weight excluding hydrogens is 372 g/mol. The van der Waals surface area contributed by atoms with Gasteiger partial charge in [0.25, 0.3) is 5.91 Å². The molecule has 3 aliphatic rings. The van der Waals surface area contributed by atoms with E-state index in [2.05, 4.69) is 4.90 Å². The predicted molar refractivity (Wildman–Crippen MR) is 119 cm³/mol. The molecule has 2 aliphatic heterocycles. The normalized spacial score (nSPS) is 27.0. The molecular formula is C26H32N2O2. The summed E-state index contributed by atoms with van der Waals surface area (Å²) < 4.78 is 0. The number of piperidine rings is 2. The predicted octanol–water partition coefficient (Wildman–Crippen LogP) is 4.87. The van der Waals surface area contributed by atoms with Crippen LogP contribution in [0.3, 0.4) is 0 Å². The van der Waals surface area contributed by atoms with E-state index in [1.165, 1.54) is 32.1 Å². The topological polar surface area (TPSA) is 40.6 Å². The molecule has 1 saturated carbocycles. The average molecular weight is 405 g/mol. The highest BCUT2D eigenvalue weighted by atomic mass is 16.2. The summed E-state index contributed by atoms with van der Waals surface area (Å²) in [5.41, 5.74) is 0.756. The molecule has 30 heavy (non-hydrogen) atoms. The molecule has 0 aromatic heterocycles. The zero-order chi connectivity index (χ0) is 20.5. The van der Waals surface area contributed by atoms with E-state index in [1.807, 2.05) is 47.4 Å². The van der Waals surface area contributed by atoms with Crippen molar-refractivity contribution in [2.45, 2.75) is 57.4 Å². The Balaban J connectivity index is 1.33. The number of carbonyl (C=O) groups is 2. The third kappa shape index (κ3) is 3.61. The second-order valence-corrected chi connectivity index (χ2v) is 9.40. The van der Waals surface area contributed by atoms with Crippen molar-refractivity contribution in [1.82, 2.24) is 9.80 Å². The van der Waals surface area contributed by atoms with Gasteiger partial charge in [0, 0.05) is 31.2 Å². The summed E-state index contributed by atoms with van der Waals surface area (Å²) in [5.74, 6) is 1.03. The van der Waals surface area contributed by atoms with Crippen LogP contribution in [0.15, 0.2) is 42.5 Å². The lowest BCUT2D eigenvalue weighted by molar-refractivity contribution is -0.143. The van der Waals surface area contributed by atoms with Gasteiger partial charge in [-0.1, -0.05) is 49.2 Å². The third-order valence-corrected chi connectivity index (χ3v) is 7.60. The van der Waals surface area contributed by atoms with Crippen LogP contribution in [-0.4, -0.2) is 47.3 Å². The van der Waals surface area contributed by atoms with Crippen molar-refractivity contribution in [2.24, 2.45) is 11.8 Å². The lowest BCUT2D eigenvalue weighted by Gasteiger charge is -2.46. The molecule has 0 bridgehead atoms. The highest BCUT2D eigenvalue weighted by Gasteiger charge is 2.39. The summed E-state index contributed by atoms with van der Waals surface area (Å²) in [6.45, 7) is 2.22. The molecule has 4 heteroatoms. The van der Waals surface area contributed by atoms with Crippen molar-refractivity contribution >= 4 is 22.6 Å². The van der Waals surface area contributed by atoms with Crippen molar-refractivity contribution in [1.29, 1.82) is 0 Å². The molecule has 158 valence electrons. The van der Waals surface area contributed by atoms with Gasteiger partial charge in [0.1, 0.15) is 0 Å². The van der Waals surface area contributed by atoms with E-state index < -0.39 is 0 Å². The summed E-state index contributed by atoms with van der Waals surface area (Å²) in [6.07, 6.45) is 9.26. The molecule has 1 aliphatic carbocycles. The van der Waals surface area contributed by atoms with Crippen LogP contribution in [0.25, 0.3) is 10.8 Å². The lowest BCUT2D eigenvalue weighted by Crippen LogP contribution is -2.54. The Kier molecular flexibility index (Phi) is 5.49. The maximum absolute atomic E-state index is 13.5. The number of likely N-dealkylation sites (tertiary alicyclic amines) is 2. The number of fused-ring (bicyclic) bond motifs is 2. The minimum Gasteiger partial charge on any atom is -0.339 e. The van der Waals surface area contributed by atoms with Gasteiger partial charge in [0.2, 0.25) is 5.91 Å². The quantitative estimate of drug-likeness (QED) is 0.716. The Morgan fingerprint density at radius 1 is 0.800 bits per heavy atom. The summed E-state index contributed by atoms with van der Waals surface area (Å²) in [6, 6.07) is 14.4. The molecule has 5 rings (SSSR count). The van der Waals surface area contributed by atoms with Crippen molar-refractivity contribution in [3.8, 4) is 0 Å². The Bertz CT molecular complexity index is 932. The lowest BCUT2D eigenvalue weighted by atomic mass is 9.77. The van der Waals surface area contributed by atoms with Crippen molar-refractivity contribution in [3.05, 3.63) is 48.0 Å². The third-order valence-electron chi connectivity index (χ3n) is 7.60. The first-order valence-corrected chi connectivity index (χ1v) is 11.8. The zero-order valence-electron chi connectivity index (χ0n) is 17.8. The first-order chi connectivity index (χ1) is 14.7. The number of rotatable bonds is 2.